The molecule has 1 aromatic heterocycles. The lowest BCUT2D eigenvalue weighted by Crippen LogP contribution is -2.22. The quantitative estimate of drug-likeness (QED) is 0.602. The molecule has 1 aromatic rings. The smallest absolute Gasteiger partial charge is 0.289 e. The van der Waals surface area contributed by atoms with Crippen LogP contribution in [-0.4, -0.2) is 21.5 Å². The van der Waals surface area contributed by atoms with Gasteiger partial charge in [-0.15, -0.1) is 0 Å². The number of nitrogens with zero attached hydrogens (tertiary/aromatic N) is 3. The Morgan fingerprint density at radius 1 is 1.55 bits per heavy atom. The fourth-order valence-corrected chi connectivity index (χ4v) is 0.504. The zero-order valence-corrected chi connectivity index (χ0v) is 6.00. The van der Waals surface area contributed by atoms with Crippen LogP contribution >= 0.6 is 0 Å². The van der Waals surface area contributed by atoms with Gasteiger partial charge in [-0.05, 0) is 0 Å². The number of hydrazine groups is 1. The summed E-state index contributed by atoms with van der Waals surface area (Å²) >= 11 is 0. The third-order valence-electron chi connectivity index (χ3n) is 0.919. The number of anilines is 1. The fraction of sp³-hybridized carbons (Fsp3) is 0.400. The lowest BCUT2D eigenvalue weighted by atomic mass is 10.8. The standard InChI is InChI=1S/C5H8FN5/c1-2-9-11-5-8-3-7-4(6)10-5/h3,9H,2H2,1H3,(H,7,8,10,11). The van der Waals surface area contributed by atoms with Crippen molar-refractivity contribution in [1.29, 1.82) is 0 Å². The molecule has 1 heterocycles. The Bertz CT molecular complexity index is 228. The van der Waals surface area contributed by atoms with Crippen LogP contribution in [0.15, 0.2) is 6.33 Å². The van der Waals surface area contributed by atoms with Crippen LogP contribution < -0.4 is 10.9 Å². The first kappa shape index (κ1) is 7.80. The summed E-state index contributed by atoms with van der Waals surface area (Å²) in [5, 5.41) is 0. The van der Waals surface area contributed by atoms with Crippen molar-refractivity contribution in [2.45, 2.75) is 6.92 Å². The topological polar surface area (TPSA) is 62.7 Å². The summed E-state index contributed by atoms with van der Waals surface area (Å²) in [5.74, 6) is 0.180. The lowest BCUT2D eigenvalue weighted by molar-refractivity contribution is 0.532. The Morgan fingerprint density at radius 2 is 2.36 bits per heavy atom. The minimum atomic E-state index is -0.791. The minimum absolute atomic E-state index is 0.180. The van der Waals surface area contributed by atoms with E-state index in [0.717, 1.165) is 6.33 Å². The van der Waals surface area contributed by atoms with Gasteiger partial charge in [0.05, 0.1) is 0 Å². The number of hydrogen-bond donors (Lipinski definition) is 2. The number of nitrogens with one attached hydrogen (secondary N) is 2. The van der Waals surface area contributed by atoms with Gasteiger partial charge in [0.25, 0.3) is 0 Å². The average molecular weight is 157 g/mol. The monoisotopic (exact) mass is 157 g/mol. The van der Waals surface area contributed by atoms with Crippen molar-refractivity contribution >= 4 is 5.95 Å². The summed E-state index contributed by atoms with van der Waals surface area (Å²) in [6.07, 6.45) is 0.308. The van der Waals surface area contributed by atoms with Gasteiger partial charge < -0.3 is 0 Å². The van der Waals surface area contributed by atoms with E-state index < -0.39 is 6.08 Å². The number of hydrogen-bond acceptors (Lipinski definition) is 5. The number of rotatable bonds is 3. The summed E-state index contributed by atoms with van der Waals surface area (Å²) in [6.45, 7) is 2.60. The van der Waals surface area contributed by atoms with Crippen molar-refractivity contribution < 1.29 is 4.39 Å². The summed E-state index contributed by atoms with van der Waals surface area (Å²) in [6, 6.07) is 0. The molecule has 0 aliphatic rings. The predicted molar refractivity (Wildman–Crippen MR) is 37.1 cm³/mol. The molecule has 0 aliphatic heterocycles. The third kappa shape index (κ3) is 2.42. The zero-order valence-electron chi connectivity index (χ0n) is 6.00. The SMILES string of the molecule is CCNNc1ncnc(F)n1. The Kier molecular flexibility index (Phi) is 2.67. The van der Waals surface area contributed by atoms with E-state index in [0.29, 0.717) is 6.54 Å². The third-order valence-corrected chi connectivity index (χ3v) is 0.919. The second-order valence-electron chi connectivity index (χ2n) is 1.73. The average Bonchev–Trinajstić information content (AvgIpc) is 2.01. The summed E-state index contributed by atoms with van der Waals surface area (Å²) in [7, 11) is 0. The molecule has 0 spiro atoms. The van der Waals surface area contributed by atoms with Gasteiger partial charge in [-0.1, -0.05) is 6.92 Å². The highest BCUT2D eigenvalue weighted by atomic mass is 19.1. The van der Waals surface area contributed by atoms with E-state index in [-0.39, 0.29) is 5.95 Å². The molecule has 0 aliphatic carbocycles. The molecule has 0 unspecified atom stereocenters. The Hall–Kier alpha value is -1.30. The van der Waals surface area contributed by atoms with E-state index in [9.17, 15) is 4.39 Å². The number of aromatic nitrogens is 3. The molecule has 0 saturated heterocycles. The van der Waals surface area contributed by atoms with Crippen LogP contribution in [0.1, 0.15) is 6.92 Å². The van der Waals surface area contributed by atoms with Crippen molar-refractivity contribution in [3.05, 3.63) is 12.4 Å². The van der Waals surface area contributed by atoms with E-state index in [1.54, 1.807) is 0 Å². The first-order chi connectivity index (χ1) is 5.33. The van der Waals surface area contributed by atoms with Gasteiger partial charge in [-0.2, -0.15) is 14.4 Å². The van der Waals surface area contributed by atoms with Gasteiger partial charge in [-0.3, -0.25) is 5.43 Å². The van der Waals surface area contributed by atoms with E-state index >= 15 is 0 Å². The molecule has 11 heavy (non-hydrogen) atoms. The molecular weight excluding hydrogens is 149 g/mol. The predicted octanol–water partition coefficient (Wildman–Crippen LogP) is -0.0529. The second kappa shape index (κ2) is 3.77. The molecule has 0 aromatic carbocycles. The summed E-state index contributed by atoms with van der Waals surface area (Å²) in [5.41, 5.74) is 5.31. The molecule has 0 radical (unpaired) electrons. The Labute approximate surface area is 63.1 Å². The van der Waals surface area contributed by atoms with Crippen LogP contribution in [0.4, 0.5) is 10.3 Å². The van der Waals surface area contributed by atoms with E-state index in [1.807, 2.05) is 6.92 Å². The molecule has 5 nitrogen and oxygen atoms in total. The van der Waals surface area contributed by atoms with Gasteiger partial charge in [-0.25, -0.2) is 10.4 Å². The molecule has 1 rings (SSSR count). The normalized spacial score (nSPS) is 9.64. The van der Waals surface area contributed by atoms with Crippen LogP contribution in [0.2, 0.25) is 0 Å². The van der Waals surface area contributed by atoms with Gasteiger partial charge in [0, 0.05) is 6.54 Å². The first-order valence-electron chi connectivity index (χ1n) is 3.16. The van der Waals surface area contributed by atoms with Gasteiger partial charge in [0.2, 0.25) is 5.95 Å². The van der Waals surface area contributed by atoms with Gasteiger partial charge >= 0.3 is 6.08 Å². The molecular formula is C5H8FN5. The van der Waals surface area contributed by atoms with E-state index in [2.05, 4.69) is 25.8 Å². The van der Waals surface area contributed by atoms with Gasteiger partial charge in [0.1, 0.15) is 6.33 Å². The van der Waals surface area contributed by atoms with Crippen molar-refractivity contribution in [2.75, 3.05) is 12.0 Å². The maximum Gasteiger partial charge on any atom is 0.313 e. The molecule has 0 atom stereocenters. The largest absolute Gasteiger partial charge is 0.313 e. The summed E-state index contributed by atoms with van der Waals surface area (Å²) < 4.78 is 12.3. The molecule has 60 valence electrons. The number of halogens is 1. The Morgan fingerprint density at radius 3 is 3.00 bits per heavy atom. The highest BCUT2D eigenvalue weighted by molar-refractivity contribution is 5.18. The lowest BCUT2D eigenvalue weighted by Gasteiger charge is -2.01. The van der Waals surface area contributed by atoms with Crippen molar-refractivity contribution in [2.24, 2.45) is 0 Å². The maximum atomic E-state index is 12.3. The van der Waals surface area contributed by atoms with Crippen molar-refractivity contribution in [3.63, 3.8) is 0 Å². The van der Waals surface area contributed by atoms with E-state index in [1.165, 1.54) is 0 Å². The van der Waals surface area contributed by atoms with E-state index in [4.69, 9.17) is 0 Å². The zero-order chi connectivity index (χ0) is 8.10. The van der Waals surface area contributed by atoms with Crippen LogP contribution in [0.5, 0.6) is 0 Å². The van der Waals surface area contributed by atoms with Crippen LogP contribution in [0.3, 0.4) is 0 Å². The molecule has 0 amide bonds. The molecule has 6 heteroatoms. The molecule has 2 N–H and O–H groups in total. The molecule has 0 saturated carbocycles. The van der Waals surface area contributed by atoms with Crippen LogP contribution in [-0.2, 0) is 0 Å². The molecule has 0 fully saturated rings. The highest BCUT2D eigenvalue weighted by Gasteiger charge is 1.95. The maximum absolute atomic E-state index is 12.3. The second-order valence-corrected chi connectivity index (χ2v) is 1.73. The van der Waals surface area contributed by atoms with Crippen molar-refractivity contribution in [1.82, 2.24) is 20.4 Å². The summed E-state index contributed by atoms with van der Waals surface area (Å²) in [4.78, 5) is 10.2. The van der Waals surface area contributed by atoms with Gasteiger partial charge in [0.15, 0.2) is 0 Å². The molecule has 0 bridgehead atoms. The van der Waals surface area contributed by atoms with Crippen LogP contribution in [0.25, 0.3) is 0 Å². The van der Waals surface area contributed by atoms with Crippen LogP contribution in [0, 0.1) is 6.08 Å². The fourth-order valence-electron chi connectivity index (χ4n) is 0.504. The first-order valence-corrected chi connectivity index (χ1v) is 3.16. The Balaban J connectivity index is 2.56. The highest BCUT2D eigenvalue weighted by Crippen LogP contribution is 1.91. The minimum Gasteiger partial charge on any atom is -0.289 e. The van der Waals surface area contributed by atoms with Crippen molar-refractivity contribution in [3.8, 4) is 0 Å².